The van der Waals surface area contributed by atoms with Gasteiger partial charge in [-0.2, -0.15) is 5.26 Å². The molecule has 0 saturated carbocycles. The summed E-state index contributed by atoms with van der Waals surface area (Å²) in [7, 11) is 0. The molecule has 4 heterocycles. The maximum Gasteiger partial charge on any atom is 0.237 e. The van der Waals surface area contributed by atoms with Crippen LogP contribution in [0.15, 0.2) is 48.7 Å². The van der Waals surface area contributed by atoms with Gasteiger partial charge in [-0.3, -0.25) is 19.4 Å². The standard InChI is InChI=1S/C45H57N9O3/c1-6-29-23-31-32(45(4,5)42-40(41(31)56)30-15-14-28(25-46)22-36(30)50-42)24-37(29)53-18-20-54(21-19-53)39(55)13-9-17-52-26-38(44(2,3)27-52)51-43(57)34(48)10-7-12-35-33(47)11-8-16-49-35/h8,11,14-16,22-24,34,38,50H,6-7,9-10,12-13,17-21,26-27,47-48H2,1-5H3,(H,51,57)/t34-,38-/m0/s1. The second-order valence-corrected chi connectivity index (χ2v) is 17.4. The number of pyridine rings is 1. The number of rotatable bonds is 12. The molecule has 1 aliphatic carbocycles. The molecule has 4 aromatic rings. The van der Waals surface area contributed by atoms with Crippen molar-refractivity contribution >= 4 is 39.9 Å². The average Bonchev–Trinajstić information content (AvgIpc) is 3.73. The molecule has 2 amide bonds. The summed E-state index contributed by atoms with van der Waals surface area (Å²) < 4.78 is 0. The second-order valence-electron chi connectivity index (χ2n) is 17.4. The normalized spacial score (nSPS) is 19.2. The molecule has 300 valence electrons. The molecule has 2 aromatic heterocycles. The van der Waals surface area contributed by atoms with Crippen molar-refractivity contribution in [2.24, 2.45) is 11.1 Å². The maximum absolute atomic E-state index is 14.1. The number of aromatic amines is 1. The van der Waals surface area contributed by atoms with Gasteiger partial charge in [0, 0.05) is 91.2 Å². The topological polar surface area (TPSA) is 177 Å². The van der Waals surface area contributed by atoms with Crippen LogP contribution in [-0.4, -0.2) is 95.3 Å². The first-order valence-corrected chi connectivity index (χ1v) is 20.5. The summed E-state index contributed by atoms with van der Waals surface area (Å²) in [5.74, 6) is 0.0649. The van der Waals surface area contributed by atoms with E-state index in [1.54, 1.807) is 12.3 Å². The van der Waals surface area contributed by atoms with Gasteiger partial charge in [-0.15, -0.1) is 0 Å². The lowest BCUT2D eigenvalue weighted by Gasteiger charge is -2.39. The zero-order valence-corrected chi connectivity index (χ0v) is 34.1. The van der Waals surface area contributed by atoms with E-state index in [0.29, 0.717) is 49.2 Å². The van der Waals surface area contributed by atoms with Crippen LogP contribution in [0.1, 0.15) is 104 Å². The van der Waals surface area contributed by atoms with Crippen molar-refractivity contribution in [3.63, 3.8) is 0 Å². The van der Waals surface area contributed by atoms with Crippen LogP contribution in [0.5, 0.6) is 0 Å². The largest absolute Gasteiger partial charge is 0.397 e. The van der Waals surface area contributed by atoms with Crippen LogP contribution < -0.4 is 21.7 Å². The van der Waals surface area contributed by atoms with Gasteiger partial charge in [0.1, 0.15) is 0 Å². The van der Waals surface area contributed by atoms with Gasteiger partial charge in [0.05, 0.1) is 34.6 Å². The number of carbonyl (C=O) groups is 3. The number of anilines is 2. The minimum atomic E-state index is -0.594. The summed E-state index contributed by atoms with van der Waals surface area (Å²) in [6.45, 7) is 15.9. The first-order valence-electron chi connectivity index (χ1n) is 20.5. The maximum atomic E-state index is 14.1. The predicted molar refractivity (Wildman–Crippen MR) is 224 cm³/mol. The number of nitrogen functional groups attached to an aromatic ring is 1. The number of aryl methyl sites for hydroxylation is 2. The highest BCUT2D eigenvalue weighted by atomic mass is 16.2. The number of nitrogens with two attached hydrogens (primary N) is 2. The van der Waals surface area contributed by atoms with E-state index in [9.17, 15) is 19.6 Å². The van der Waals surface area contributed by atoms with Crippen molar-refractivity contribution in [3.05, 3.63) is 87.9 Å². The number of fused-ring (bicyclic) bond motifs is 4. The van der Waals surface area contributed by atoms with Gasteiger partial charge in [-0.25, -0.2) is 0 Å². The molecule has 3 aliphatic rings. The summed E-state index contributed by atoms with van der Waals surface area (Å²) >= 11 is 0. The molecule has 2 saturated heterocycles. The Kier molecular flexibility index (Phi) is 11.2. The Hall–Kier alpha value is -5.25. The minimum Gasteiger partial charge on any atom is -0.397 e. The van der Waals surface area contributed by atoms with Gasteiger partial charge in [0.15, 0.2) is 5.78 Å². The van der Waals surface area contributed by atoms with Gasteiger partial charge in [0.2, 0.25) is 11.8 Å². The van der Waals surface area contributed by atoms with Gasteiger partial charge in [0.25, 0.3) is 0 Å². The van der Waals surface area contributed by atoms with E-state index in [1.807, 2.05) is 29.2 Å². The monoisotopic (exact) mass is 771 g/mol. The van der Waals surface area contributed by atoms with E-state index < -0.39 is 11.5 Å². The molecule has 6 N–H and O–H groups in total. The first kappa shape index (κ1) is 40.0. The fourth-order valence-corrected chi connectivity index (χ4v) is 9.19. The van der Waals surface area contributed by atoms with E-state index in [-0.39, 0.29) is 29.1 Å². The van der Waals surface area contributed by atoms with Crippen LogP contribution in [0, 0.1) is 16.7 Å². The number of piperazine rings is 1. The molecule has 2 atom stereocenters. The van der Waals surface area contributed by atoms with E-state index >= 15 is 0 Å². The summed E-state index contributed by atoms with van der Waals surface area (Å²) in [5, 5.41) is 13.5. The SMILES string of the molecule is CCc1cc2c(cc1N1CCN(C(=O)CCCN3C[C@H](NC(=O)[C@@H](N)CCCc4ncccc4N)C(C)(C)C3)CC1)C(C)(C)c1[nH]c3cc(C#N)ccc3c1C2=O. The first-order chi connectivity index (χ1) is 27.2. The molecule has 2 aromatic carbocycles. The van der Waals surface area contributed by atoms with Crippen molar-refractivity contribution in [1.82, 2.24) is 25.1 Å². The summed E-state index contributed by atoms with van der Waals surface area (Å²) in [6.07, 6.45) is 5.72. The molecule has 0 bridgehead atoms. The van der Waals surface area contributed by atoms with Gasteiger partial charge in [-0.05, 0) is 91.6 Å². The van der Waals surface area contributed by atoms with Crippen LogP contribution in [0.2, 0.25) is 0 Å². The second kappa shape index (κ2) is 15.9. The third-order valence-electron chi connectivity index (χ3n) is 12.7. The molecule has 2 fully saturated rings. The lowest BCUT2D eigenvalue weighted by Crippen LogP contribution is -2.50. The number of likely N-dealkylation sites (tertiary alicyclic amines) is 1. The van der Waals surface area contributed by atoms with Crippen molar-refractivity contribution in [3.8, 4) is 6.07 Å². The highest BCUT2D eigenvalue weighted by Crippen LogP contribution is 2.46. The lowest BCUT2D eigenvalue weighted by molar-refractivity contribution is -0.131. The Morgan fingerprint density at radius 1 is 1.09 bits per heavy atom. The number of ketones is 1. The number of nitriles is 1. The van der Waals surface area contributed by atoms with E-state index in [2.05, 4.69) is 77.9 Å². The minimum absolute atomic E-state index is 0.0174. The van der Waals surface area contributed by atoms with Gasteiger partial charge < -0.3 is 36.5 Å². The highest BCUT2D eigenvalue weighted by molar-refractivity contribution is 6.20. The molecule has 0 radical (unpaired) electrons. The number of hydrogen-bond acceptors (Lipinski definition) is 9. The van der Waals surface area contributed by atoms with Crippen LogP contribution in [0.4, 0.5) is 11.4 Å². The molecular formula is C45H57N9O3. The predicted octanol–water partition coefficient (Wildman–Crippen LogP) is 5.06. The molecule has 57 heavy (non-hydrogen) atoms. The van der Waals surface area contributed by atoms with E-state index in [1.165, 1.54) is 0 Å². The Balaban J connectivity index is 0.906. The van der Waals surface area contributed by atoms with Crippen LogP contribution in [0.3, 0.4) is 0 Å². The third-order valence-corrected chi connectivity index (χ3v) is 12.7. The van der Waals surface area contributed by atoms with Crippen LogP contribution in [-0.2, 0) is 27.8 Å². The summed E-state index contributed by atoms with van der Waals surface area (Å²) in [4.78, 5) is 55.1. The number of nitrogens with zero attached hydrogens (tertiary/aromatic N) is 5. The fourth-order valence-electron chi connectivity index (χ4n) is 9.19. The Bertz CT molecular complexity index is 2230. The molecule has 0 spiro atoms. The third kappa shape index (κ3) is 7.88. The lowest BCUT2D eigenvalue weighted by atomic mass is 9.70. The van der Waals surface area contributed by atoms with Crippen molar-refractivity contribution < 1.29 is 14.4 Å². The van der Waals surface area contributed by atoms with Gasteiger partial charge >= 0.3 is 0 Å². The van der Waals surface area contributed by atoms with Gasteiger partial charge in [-0.1, -0.05) is 40.7 Å². The average molecular weight is 772 g/mol. The fraction of sp³-hybridized carbons (Fsp3) is 0.489. The Labute approximate surface area is 336 Å². The smallest absolute Gasteiger partial charge is 0.237 e. The van der Waals surface area contributed by atoms with Crippen molar-refractivity contribution in [1.29, 1.82) is 5.26 Å². The van der Waals surface area contributed by atoms with Crippen molar-refractivity contribution in [2.75, 3.05) is 56.4 Å². The van der Waals surface area contributed by atoms with Crippen molar-refractivity contribution in [2.45, 2.75) is 90.6 Å². The molecule has 0 unspecified atom stereocenters. The highest BCUT2D eigenvalue weighted by Gasteiger charge is 2.42. The number of H-pyrrole nitrogens is 1. The van der Waals surface area contributed by atoms with E-state index in [0.717, 1.165) is 96.7 Å². The zero-order valence-electron chi connectivity index (χ0n) is 34.1. The number of benzene rings is 2. The molecular weight excluding hydrogens is 715 g/mol. The zero-order chi connectivity index (χ0) is 40.6. The molecule has 2 aliphatic heterocycles. The molecule has 7 rings (SSSR count). The number of carbonyl (C=O) groups excluding carboxylic acids is 3. The van der Waals surface area contributed by atoms with Crippen LogP contribution >= 0.6 is 0 Å². The number of aromatic nitrogens is 2. The molecule has 12 nitrogen and oxygen atoms in total. The van der Waals surface area contributed by atoms with E-state index in [4.69, 9.17) is 11.5 Å². The Morgan fingerprint density at radius 2 is 1.86 bits per heavy atom. The number of hydrogen-bond donors (Lipinski definition) is 4. The number of nitrogens with one attached hydrogen (secondary N) is 2. The Morgan fingerprint density at radius 3 is 2.58 bits per heavy atom. The van der Waals surface area contributed by atoms with Crippen LogP contribution in [0.25, 0.3) is 10.9 Å². The molecule has 12 heteroatoms. The number of amides is 2. The summed E-state index contributed by atoms with van der Waals surface area (Å²) in [5.41, 5.74) is 20.2. The summed E-state index contributed by atoms with van der Waals surface area (Å²) in [6, 6.07) is 15.0. The quantitative estimate of drug-likeness (QED) is 0.153.